The van der Waals surface area contributed by atoms with Crippen molar-refractivity contribution in [3.8, 4) is 5.88 Å². The highest BCUT2D eigenvalue weighted by atomic mass is 16.3. The van der Waals surface area contributed by atoms with E-state index in [1.807, 2.05) is 7.05 Å². The van der Waals surface area contributed by atoms with Crippen LogP contribution < -0.4 is 0 Å². The summed E-state index contributed by atoms with van der Waals surface area (Å²) in [6.45, 7) is 0. The van der Waals surface area contributed by atoms with Gasteiger partial charge in [-0.3, -0.25) is 4.68 Å². The third kappa shape index (κ3) is 0.781. The number of aromatic nitrogens is 2. The Morgan fingerprint density at radius 1 is 1.70 bits per heavy atom. The molecule has 0 spiro atoms. The van der Waals surface area contributed by atoms with Crippen LogP contribution in [0.15, 0.2) is 6.07 Å². The van der Waals surface area contributed by atoms with E-state index in [1.165, 1.54) is 12.8 Å². The molecule has 0 bridgehead atoms. The number of aryl methyl sites for hydroxylation is 1. The highest BCUT2D eigenvalue weighted by Gasteiger charge is 2.26. The van der Waals surface area contributed by atoms with Crippen LogP contribution in [0.4, 0.5) is 0 Å². The molecule has 1 fully saturated rings. The third-order valence-electron chi connectivity index (χ3n) is 1.90. The second-order valence-electron chi connectivity index (χ2n) is 2.83. The van der Waals surface area contributed by atoms with E-state index in [0.717, 1.165) is 5.69 Å². The average molecular weight is 138 g/mol. The minimum Gasteiger partial charge on any atom is -0.492 e. The van der Waals surface area contributed by atoms with E-state index < -0.39 is 0 Å². The van der Waals surface area contributed by atoms with Gasteiger partial charge in [-0.2, -0.15) is 0 Å². The van der Waals surface area contributed by atoms with Gasteiger partial charge in [0.05, 0.1) is 0 Å². The molecule has 1 aliphatic carbocycles. The molecule has 3 heteroatoms. The Hall–Kier alpha value is -0.990. The molecular formula is C7H10N2O. The molecular weight excluding hydrogens is 128 g/mol. The van der Waals surface area contributed by atoms with Crippen LogP contribution in [0, 0.1) is 0 Å². The molecule has 1 heterocycles. The van der Waals surface area contributed by atoms with Crippen molar-refractivity contribution in [2.75, 3.05) is 0 Å². The van der Waals surface area contributed by atoms with Crippen molar-refractivity contribution in [1.29, 1.82) is 0 Å². The standard InChI is InChI=1S/C7H10N2O/c1-9-6(5-2-3-5)4-7(10)8-9/h4-5H,2-3H2,1H3,(H,8,10). The smallest absolute Gasteiger partial charge is 0.230 e. The van der Waals surface area contributed by atoms with Gasteiger partial charge in [0, 0.05) is 24.7 Å². The van der Waals surface area contributed by atoms with Crippen LogP contribution in [0.3, 0.4) is 0 Å². The van der Waals surface area contributed by atoms with Crippen LogP contribution in [-0.4, -0.2) is 14.9 Å². The van der Waals surface area contributed by atoms with Gasteiger partial charge in [-0.05, 0) is 12.8 Å². The zero-order valence-corrected chi connectivity index (χ0v) is 5.91. The van der Waals surface area contributed by atoms with Gasteiger partial charge in [-0.25, -0.2) is 0 Å². The first-order valence-electron chi connectivity index (χ1n) is 3.50. The minimum absolute atomic E-state index is 0.143. The molecule has 0 aromatic carbocycles. The summed E-state index contributed by atoms with van der Waals surface area (Å²) in [7, 11) is 1.87. The number of aromatic hydroxyl groups is 1. The Morgan fingerprint density at radius 2 is 2.40 bits per heavy atom. The van der Waals surface area contributed by atoms with Crippen molar-refractivity contribution in [2.24, 2.45) is 7.05 Å². The fourth-order valence-corrected chi connectivity index (χ4v) is 1.23. The topological polar surface area (TPSA) is 38.0 Å². The predicted molar refractivity (Wildman–Crippen MR) is 36.8 cm³/mol. The molecule has 0 aliphatic heterocycles. The molecule has 1 aromatic rings. The number of rotatable bonds is 1. The Labute approximate surface area is 59.3 Å². The van der Waals surface area contributed by atoms with Gasteiger partial charge in [-0.1, -0.05) is 0 Å². The molecule has 0 amide bonds. The molecule has 1 saturated carbocycles. The lowest BCUT2D eigenvalue weighted by Crippen LogP contribution is -1.94. The summed E-state index contributed by atoms with van der Waals surface area (Å²) in [6.07, 6.45) is 2.50. The van der Waals surface area contributed by atoms with E-state index in [2.05, 4.69) is 5.10 Å². The van der Waals surface area contributed by atoms with E-state index in [4.69, 9.17) is 5.11 Å². The van der Waals surface area contributed by atoms with E-state index in [9.17, 15) is 0 Å². The lowest BCUT2D eigenvalue weighted by atomic mass is 10.3. The predicted octanol–water partition coefficient (Wildman–Crippen LogP) is 1.00. The molecule has 1 N–H and O–H groups in total. The number of nitrogens with zero attached hydrogens (tertiary/aromatic N) is 2. The first-order chi connectivity index (χ1) is 4.77. The Balaban J connectivity index is 2.38. The Morgan fingerprint density at radius 3 is 2.80 bits per heavy atom. The summed E-state index contributed by atoms with van der Waals surface area (Å²) in [5, 5.41) is 12.8. The SMILES string of the molecule is Cn1nc(O)cc1C1CC1. The largest absolute Gasteiger partial charge is 0.492 e. The zero-order valence-electron chi connectivity index (χ0n) is 5.91. The van der Waals surface area contributed by atoms with Gasteiger partial charge in [0.2, 0.25) is 5.88 Å². The zero-order chi connectivity index (χ0) is 7.14. The summed E-state index contributed by atoms with van der Waals surface area (Å²) in [5.41, 5.74) is 1.16. The maximum absolute atomic E-state index is 8.98. The van der Waals surface area contributed by atoms with Crippen LogP contribution in [0.1, 0.15) is 24.5 Å². The van der Waals surface area contributed by atoms with Crippen LogP contribution in [-0.2, 0) is 7.05 Å². The van der Waals surface area contributed by atoms with E-state index in [1.54, 1.807) is 10.7 Å². The van der Waals surface area contributed by atoms with Crippen molar-refractivity contribution in [2.45, 2.75) is 18.8 Å². The second-order valence-corrected chi connectivity index (χ2v) is 2.83. The summed E-state index contributed by atoms with van der Waals surface area (Å²) in [4.78, 5) is 0. The van der Waals surface area contributed by atoms with Crippen LogP contribution in [0.25, 0.3) is 0 Å². The highest BCUT2D eigenvalue weighted by molar-refractivity contribution is 5.21. The highest BCUT2D eigenvalue weighted by Crippen LogP contribution is 2.40. The molecule has 3 nitrogen and oxygen atoms in total. The lowest BCUT2D eigenvalue weighted by molar-refractivity contribution is 0.444. The van der Waals surface area contributed by atoms with Crippen LogP contribution in [0.5, 0.6) is 5.88 Å². The number of hydrogen-bond acceptors (Lipinski definition) is 2. The Kier molecular flexibility index (Phi) is 1.01. The normalized spacial score (nSPS) is 17.7. The summed E-state index contributed by atoms with van der Waals surface area (Å²) >= 11 is 0. The summed E-state index contributed by atoms with van der Waals surface area (Å²) in [5.74, 6) is 0.808. The van der Waals surface area contributed by atoms with Gasteiger partial charge in [0.1, 0.15) is 0 Å². The average Bonchev–Trinajstić information content (AvgIpc) is 2.61. The molecule has 1 aromatic heterocycles. The van der Waals surface area contributed by atoms with Crippen molar-refractivity contribution >= 4 is 0 Å². The van der Waals surface area contributed by atoms with Gasteiger partial charge in [0.15, 0.2) is 0 Å². The van der Waals surface area contributed by atoms with Crippen LogP contribution in [0.2, 0.25) is 0 Å². The van der Waals surface area contributed by atoms with Gasteiger partial charge < -0.3 is 5.11 Å². The van der Waals surface area contributed by atoms with Crippen molar-refractivity contribution in [3.63, 3.8) is 0 Å². The van der Waals surface area contributed by atoms with Crippen LogP contribution >= 0.6 is 0 Å². The van der Waals surface area contributed by atoms with E-state index >= 15 is 0 Å². The maximum atomic E-state index is 8.98. The van der Waals surface area contributed by atoms with Gasteiger partial charge in [0.25, 0.3) is 0 Å². The molecule has 2 rings (SSSR count). The first-order valence-corrected chi connectivity index (χ1v) is 3.50. The van der Waals surface area contributed by atoms with Crippen molar-refractivity contribution in [3.05, 3.63) is 11.8 Å². The molecule has 10 heavy (non-hydrogen) atoms. The minimum atomic E-state index is 0.143. The third-order valence-corrected chi connectivity index (χ3v) is 1.90. The summed E-state index contributed by atoms with van der Waals surface area (Å²) < 4.78 is 1.76. The molecule has 1 aliphatic rings. The number of hydrogen-bond donors (Lipinski definition) is 1. The molecule has 0 atom stereocenters. The van der Waals surface area contributed by atoms with Gasteiger partial charge >= 0.3 is 0 Å². The van der Waals surface area contributed by atoms with Crippen molar-refractivity contribution < 1.29 is 5.11 Å². The molecule has 0 unspecified atom stereocenters. The quantitative estimate of drug-likeness (QED) is 0.628. The Bertz CT molecular complexity index is 250. The fourth-order valence-electron chi connectivity index (χ4n) is 1.23. The summed E-state index contributed by atoms with van der Waals surface area (Å²) in [6, 6.07) is 1.75. The van der Waals surface area contributed by atoms with Gasteiger partial charge in [-0.15, -0.1) is 5.10 Å². The monoisotopic (exact) mass is 138 g/mol. The first kappa shape index (κ1) is 5.77. The van der Waals surface area contributed by atoms with E-state index in [-0.39, 0.29) is 5.88 Å². The lowest BCUT2D eigenvalue weighted by Gasteiger charge is -1.94. The fraction of sp³-hybridized carbons (Fsp3) is 0.571. The molecule has 0 saturated heterocycles. The van der Waals surface area contributed by atoms with Crippen molar-refractivity contribution in [1.82, 2.24) is 9.78 Å². The van der Waals surface area contributed by atoms with E-state index in [0.29, 0.717) is 5.92 Å². The molecule has 0 radical (unpaired) electrons. The molecule has 54 valence electrons. The second kappa shape index (κ2) is 1.75. The maximum Gasteiger partial charge on any atom is 0.230 e.